The van der Waals surface area contributed by atoms with Crippen molar-refractivity contribution in [1.29, 1.82) is 0 Å². The lowest BCUT2D eigenvalue weighted by atomic mass is 9.90. The van der Waals surface area contributed by atoms with E-state index in [1.54, 1.807) is 11.3 Å². The molecule has 0 radical (unpaired) electrons. The number of benzene rings is 2. The zero-order valence-corrected chi connectivity index (χ0v) is 13.9. The van der Waals surface area contributed by atoms with Crippen LogP contribution in [0.2, 0.25) is 0 Å². The molecule has 4 rings (SSSR count). The molecule has 1 aromatic heterocycles. The molecule has 1 N–H and O–H groups in total. The lowest BCUT2D eigenvalue weighted by Gasteiger charge is -2.16. The summed E-state index contributed by atoms with van der Waals surface area (Å²) >= 11 is 1.65. The number of hydrogen-bond acceptors (Lipinski definition) is 3. The van der Waals surface area contributed by atoms with E-state index in [1.165, 1.54) is 24.0 Å². The van der Waals surface area contributed by atoms with Crippen LogP contribution in [0.4, 0.5) is 5.69 Å². The normalized spacial score (nSPS) is 13.8. The standard InChI is InChI=1S/C19H18N2OS/c1-12-20-17-9-8-16(11-18(17)23-12)21-19(22)15-7-6-13-4-2-3-5-14(13)10-15/h6-11H,2-5H2,1H3,(H,21,22). The molecule has 23 heavy (non-hydrogen) atoms. The van der Waals surface area contributed by atoms with Crippen LogP contribution in [0.25, 0.3) is 10.2 Å². The Morgan fingerprint density at radius 3 is 2.78 bits per heavy atom. The van der Waals surface area contributed by atoms with Crippen LogP contribution < -0.4 is 5.32 Å². The van der Waals surface area contributed by atoms with Crippen LogP contribution in [0.1, 0.15) is 39.3 Å². The molecular weight excluding hydrogens is 304 g/mol. The SMILES string of the molecule is Cc1nc2ccc(NC(=O)c3ccc4c(c3)CCCC4)cc2s1. The number of hydrogen-bond donors (Lipinski definition) is 1. The lowest BCUT2D eigenvalue weighted by Crippen LogP contribution is -2.13. The third kappa shape index (κ3) is 2.86. The predicted octanol–water partition coefficient (Wildman–Crippen LogP) is 4.74. The Hall–Kier alpha value is -2.20. The molecule has 1 aliphatic rings. The van der Waals surface area contributed by atoms with Gasteiger partial charge in [-0.1, -0.05) is 6.07 Å². The Balaban J connectivity index is 1.58. The monoisotopic (exact) mass is 322 g/mol. The fourth-order valence-electron chi connectivity index (χ4n) is 3.20. The summed E-state index contributed by atoms with van der Waals surface area (Å²) in [6, 6.07) is 12.0. The number of thiazole rings is 1. The number of aryl methyl sites for hydroxylation is 3. The van der Waals surface area contributed by atoms with Gasteiger partial charge in [-0.05, 0) is 74.1 Å². The molecule has 0 spiro atoms. The van der Waals surface area contributed by atoms with Gasteiger partial charge in [0.2, 0.25) is 0 Å². The van der Waals surface area contributed by atoms with Crippen molar-refractivity contribution in [2.45, 2.75) is 32.6 Å². The maximum Gasteiger partial charge on any atom is 0.255 e. The fraction of sp³-hybridized carbons (Fsp3) is 0.263. The van der Waals surface area contributed by atoms with E-state index < -0.39 is 0 Å². The van der Waals surface area contributed by atoms with Crippen molar-refractivity contribution in [1.82, 2.24) is 4.98 Å². The molecule has 3 aromatic rings. The molecule has 3 nitrogen and oxygen atoms in total. The summed E-state index contributed by atoms with van der Waals surface area (Å²) in [6.45, 7) is 2.00. The maximum atomic E-state index is 12.5. The molecule has 1 amide bonds. The smallest absolute Gasteiger partial charge is 0.255 e. The van der Waals surface area contributed by atoms with E-state index in [0.29, 0.717) is 0 Å². The van der Waals surface area contributed by atoms with Gasteiger partial charge in [-0.3, -0.25) is 4.79 Å². The minimum absolute atomic E-state index is 0.0426. The second kappa shape index (κ2) is 5.78. The van der Waals surface area contributed by atoms with Gasteiger partial charge in [0.25, 0.3) is 5.91 Å². The van der Waals surface area contributed by atoms with Crippen molar-refractivity contribution >= 4 is 33.1 Å². The van der Waals surface area contributed by atoms with Crippen molar-refractivity contribution in [2.75, 3.05) is 5.32 Å². The van der Waals surface area contributed by atoms with E-state index in [0.717, 1.165) is 39.3 Å². The summed E-state index contributed by atoms with van der Waals surface area (Å²) in [7, 11) is 0. The first-order chi connectivity index (χ1) is 11.2. The molecule has 0 unspecified atom stereocenters. The summed E-state index contributed by atoms with van der Waals surface area (Å²) in [5.74, 6) is -0.0426. The van der Waals surface area contributed by atoms with Crippen LogP contribution in [-0.4, -0.2) is 10.9 Å². The highest BCUT2D eigenvalue weighted by Crippen LogP contribution is 2.26. The van der Waals surface area contributed by atoms with E-state index in [1.807, 2.05) is 31.2 Å². The van der Waals surface area contributed by atoms with Crippen molar-refractivity contribution in [3.63, 3.8) is 0 Å². The lowest BCUT2D eigenvalue weighted by molar-refractivity contribution is 0.102. The molecule has 0 fully saturated rings. The van der Waals surface area contributed by atoms with Gasteiger partial charge in [-0.15, -0.1) is 11.3 Å². The molecule has 0 bridgehead atoms. The second-order valence-corrected chi connectivity index (χ2v) is 7.29. The number of nitrogens with one attached hydrogen (secondary N) is 1. The predicted molar refractivity (Wildman–Crippen MR) is 95.4 cm³/mol. The maximum absolute atomic E-state index is 12.5. The van der Waals surface area contributed by atoms with E-state index in [-0.39, 0.29) is 5.91 Å². The number of carbonyl (C=O) groups excluding carboxylic acids is 1. The highest BCUT2D eigenvalue weighted by atomic mass is 32.1. The van der Waals surface area contributed by atoms with Gasteiger partial charge in [-0.2, -0.15) is 0 Å². The number of carbonyl (C=O) groups is 1. The van der Waals surface area contributed by atoms with Gasteiger partial charge in [0.15, 0.2) is 0 Å². The first kappa shape index (κ1) is 14.4. The van der Waals surface area contributed by atoms with Gasteiger partial charge < -0.3 is 5.32 Å². The van der Waals surface area contributed by atoms with Gasteiger partial charge in [0.05, 0.1) is 15.2 Å². The highest BCUT2D eigenvalue weighted by molar-refractivity contribution is 7.18. The number of amides is 1. The Morgan fingerprint density at radius 1 is 1.09 bits per heavy atom. The number of aromatic nitrogens is 1. The van der Waals surface area contributed by atoms with Crippen molar-refractivity contribution in [3.05, 3.63) is 58.1 Å². The van der Waals surface area contributed by atoms with Gasteiger partial charge in [0, 0.05) is 11.3 Å². The molecule has 1 heterocycles. The van der Waals surface area contributed by atoms with E-state index >= 15 is 0 Å². The molecule has 0 aliphatic heterocycles. The summed E-state index contributed by atoms with van der Waals surface area (Å²) in [4.78, 5) is 17.0. The quantitative estimate of drug-likeness (QED) is 0.740. The number of fused-ring (bicyclic) bond motifs is 2. The van der Waals surface area contributed by atoms with Crippen LogP contribution in [0, 0.1) is 6.92 Å². The Kier molecular flexibility index (Phi) is 3.62. The summed E-state index contributed by atoms with van der Waals surface area (Å²) in [5, 5.41) is 4.05. The molecule has 0 saturated heterocycles. The molecule has 0 saturated carbocycles. The largest absolute Gasteiger partial charge is 0.322 e. The minimum Gasteiger partial charge on any atom is -0.322 e. The Bertz CT molecular complexity index is 898. The van der Waals surface area contributed by atoms with Crippen LogP contribution >= 0.6 is 11.3 Å². The average Bonchev–Trinajstić information content (AvgIpc) is 2.93. The number of anilines is 1. The van der Waals surface area contributed by atoms with E-state index in [4.69, 9.17) is 0 Å². The van der Waals surface area contributed by atoms with Gasteiger partial charge in [-0.25, -0.2) is 4.98 Å². The zero-order valence-electron chi connectivity index (χ0n) is 13.1. The van der Waals surface area contributed by atoms with Crippen LogP contribution in [0.3, 0.4) is 0 Å². The van der Waals surface area contributed by atoms with E-state index in [2.05, 4.69) is 22.4 Å². The van der Waals surface area contributed by atoms with Gasteiger partial charge in [0.1, 0.15) is 0 Å². The first-order valence-corrected chi connectivity index (χ1v) is 8.81. The average molecular weight is 322 g/mol. The molecule has 0 atom stereocenters. The third-order valence-corrected chi connectivity index (χ3v) is 5.30. The Morgan fingerprint density at radius 2 is 1.91 bits per heavy atom. The van der Waals surface area contributed by atoms with Crippen LogP contribution in [0.5, 0.6) is 0 Å². The summed E-state index contributed by atoms with van der Waals surface area (Å²) < 4.78 is 1.10. The van der Waals surface area contributed by atoms with Crippen molar-refractivity contribution in [3.8, 4) is 0 Å². The summed E-state index contributed by atoms with van der Waals surface area (Å²) in [5.41, 5.74) is 5.28. The number of nitrogens with zero attached hydrogens (tertiary/aromatic N) is 1. The zero-order chi connectivity index (χ0) is 15.8. The summed E-state index contributed by atoms with van der Waals surface area (Å²) in [6.07, 6.45) is 4.70. The second-order valence-electron chi connectivity index (χ2n) is 6.06. The topological polar surface area (TPSA) is 42.0 Å². The molecule has 1 aliphatic carbocycles. The number of rotatable bonds is 2. The molecular formula is C19H18N2OS. The fourth-order valence-corrected chi connectivity index (χ4v) is 4.06. The van der Waals surface area contributed by atoms with E-state index in [9.17, 15) is 4.79 Å². The highest BCUT2D eigenvalue weighted by Gasteiger charge is 2.13. The molecule has 116 valence electrons. The van der Waals surface area contributed by atoms with Crippen molar-refractivity contribution in [2.24, 2.45) is 0 Å². The van der Waals surface area contributed by atoms with Crippen LogP contribution in [0.15, 0.2) is 36.4 Å². The van der Waals surface area contributed by atoms with Crippen molar-refractivity contribution < 1.29 is 4.79 Å². The minimum atomic E-state index is -0.0426. The molecule has 4 heteroatoms. The van der Waals surface area contributed by atoms with Gasteiger partial charge >= 0.3 is 0 Å². The third-order valence-electron chi connectivity index (χ3n) is 4.36. The van der Waals surface area contributed by atoms with Crippen LogP contribution in [-0.2, 0) is 12.8 Å². The Labute approximate surface area is 139 Å². The first-order valence-electron chi connectivity index (χ1n) is 7.99. The molecule has 2 aromatic carbocycles.